The van der Waals surface area contributed by atoms with Gasteiger partial charge in [-0.2, -0.15) is 5.10 Å². The number of nitrogens with zero attached hydrogens (tertiary/aromatic N) is 3. The number of ether oxygens (including phenoxy) is 3. The number of aromatic hydroxyl groups is 1. The average molecular weight is 522 g/mol. The highest BCUT2D eigenvalue weighted by Crippen LogP contribution is 2.35. The fraction of sp³-hybridized carbons (Fsp3) is 0.385. The van der Waals surface area contributed by atoms with Gasteiger partial charge in [0, 0.05) is 29.7 Å². The maximum Gasteiger partial charge on any atom is 0.573 e. The molecule has 1 amide bonds. The van der Waals surface area contributed by atoms with Crippen LogP contribution in [0.25, 0.3) is 0 Å². The third-order valence-electron chi connectivity index (χ3n) is 5.68. The van der Waals surface area contributed by atoms with Crippen LogP contribution in [0.15, 0.2) is 42.5 Å². The van der Waals surface area contributed by atoms with E-state index >= 15 is 0 Å². The summed E-state index contributed by atoms with van der Waals surface area (Å²) in [5, 5.41) is 15.0. The number of phenols is 1. The van der Waals surface area contributed by atoms with E-state index < -0.39 is 23.8 Å². The van der Waals surface area contributed by atoms with Crippen LogP contribution >= 0.6 is 0 Å². The molecule has 1 aromatic heterocycles. The van der Waals surface area contributed by atoms with Crippen molar-refractivity contribution in [3.8, 4) is 23.0 Å². The van der Waals surface area contributed by atoms with Gasteiger partial charge in [0.2, 0.25) is 0 Å². The van der Waals surface area contributed by atoms with Crippen molar-refractivity contribution in [2.45, 2.75) is 45.6 Å². The Bertz CT molecular complexity index is 1270. The molecule has 200 valence electrons. The number of para-hydroxylation sites is 1. The summed E-state index contributed by atoms with van der Waals surface area (Å²) in [7, 11) is 4.63. The summed E-state index contributed by atoms with van der Waals surface area (Å²) < 4.78 is 54.5. The quantitative estimate of drug-likeness (QED) is 0.440. The van der Waals surface area contributed by atoms with E-state index in [0.717, 1.165) is 6.07 Å². The molecule has 3 aromatic rings. The van der Waals surface area contributed by atoms with Gasteiger partial charge in [-0.3, -0.25) is 9.48 Å². The summed E-state index contributed by atoms with van der Waals surface area (Å²) in [6.07, 6.45) is -4.99. The molecule has 1 N–H and O–H groups in total. The van der Waals surface area contributed by atoms with Crippen molar-refractivity contribution in [3.05, 3.63) is 65.0 Å². The molecule has 0 aliphatic rings. The summed E-state index contributed by atoms with van der Waals surface area (Å²) >= 11 is 0. The molecule has 1 heterocycles. The number of carbonyl (C=O) groups excluding carboxylic acids is 1. The topological polar surface area (TPSA) is 86.1 Å². The van der Waals surface area contributed by atoms with Gasteiger partial charge in [-0.1, -0.05) is 32.9 Å². The first-order valence-electron chi connectivity index (χ1n) is 11.3. The largest absolute Gasteiger partial charge is 0.573 e. The zero-order valence-corrected chi connectivity index (χ0v) is 21.5. The first-order valence-corrected chi connectivity index (χ1v) is 11.3. The highest BCUT2D eigenvalue weighted by molar-refractivity contribution is 5.92. The number of carbonyl (C=O) groups is 1. The van der Waals surface area contributed by atoms with Gasteiger partial charge in [-0.25, -0.2) is 0 Å². The summed E-state index contributed by atoms with van der Waals surface area (Å²) in [6.45, 7) is 5.70. The third-order valence-corrected chi connectivity index (χ3v) is 5.68. The van der Waals surface area contributed by atoms with Gasteiger partial charge in [0.15, 0.2) is 11.5 Å². The van der Waals surface area contributed by atoms with Gasteiger partial charge in [0.1, 0.15) is 17.2 Å². The molecule has 0 aliphatic heterocycles. The minimum atomic E-state index is -4.99. The van der Waals surface area contributed by atoms with Crippen molar-refractivity contribution in [2.24, 2.45) is 7.05 Å². The van der Waals surface area contributed by atoms with E-state index in [1.165, 1.54) is 35.9 Å². The zero-order chi connectivity index (χ0) is 27.5. The number of alkyl halides is 3. The van der Waals surface area contributed by atoms with Crippen LogP contribution in [0.4, 0.5) is 13.2 Å². The number of methoxy groups -OCH3 is 2. The second-order valence-corrected chi connectivity index (χ2v) is 9.44. The Morgan fingerprint density at radius 1 is 1.00 bits per heavy atom. The lowest BCUT2D eigenvalue weighted by atomic mass is 9.92. The van der Waals surface area contributed by atoms with Gasteiger partial charge in [-0.05, 0) is 24.3 Å². The van der Waals surface area contributed by atoms with Crippen LogP contribution in [0.1, 0.15) is 48.1 Å². The molecule has 0 unspecified atom stereocenters. The molecule has 0 saturated heterocycles. The Kier molecular flexibility index (Phi) is 7.94. The number of hydrogen-bond donors (Lipinski definition) is 1. The predicted molar refractivity (Wildman–Crippen MR) is 130 cm³/mol. The molecule has 0 atom stereocenters. The third kappa shape index (κ3) is 6.66. The summed E-state index contributed by atoms with van der Waals surface area (Å²) in [5.74, 6) is -0.898. The number of hydrogen-bond acceptors (Lipinski definition) is 6. The number of halogens is 3. The first kappa shape index (κ1) is 27.7. The van der Waals surface area contributed by atoms with Crippen molar-refractivity contribution >= 4 is 5.91 Å². The van der Waals surface area contributed by atoms with Crippen LogP contribution < -0.4 is 14.2 Å². The van der Waals surface area contributed by atoms with Crippen LogP contribution in [-0.2, 0) is 25.6 Å². The van der Waals surface area contributed by atoms with E-state index in [1.54, 1.807) is 31.3 Å². The van der Waals surface area contributed by atoms with E-state index in [4.69, 9.17) is 9.47 Å². The van der Waals surface area contributed by atoms with Crippen LogP contribution in [0, 0.1) is 0 Å². The Labute approximate surface area is 213 Å². The number of aryl methyl sites for hydroxylation is 1. The van der Waals surface area contributed by atoms with Crippen molar-refractivity contribution in [2.75, 3.05) is 14.2 Å². The molecule has 0 bridgehead atoms. The SMILES string of the molecule is COc1ccc(CN(Cc2cccc(OC(F)(F)F)c2O)C(=O)c2cc(C(C)(C)C)nn2C)c(OC)c1. The van der Waals surface area contributed by atoms with E-state index in [2.05, 4.69) is 9.84 Å². The Balaban J connectivity index is 2.05. The lowest BCUT2D eigenvalue weighted by Gasteiger charge is -2.25. The predicted octanol–water partition coefficient (Wildman–Crippen LogP) is 5.18. The molecule has 37 heavy (non-hydrogen) atoms. The highest BCUT2D eigenvalue weighted by Gasteiger charge is 2.33. The molecule has 0 radical (unpaired) electrons. The molecule has 0 fully saturated rings. The zero-order valence-electron chi connectivity index (χ0n) is 21.5. The van der Waals surface area contributed by atoms with E-state index in [-0.39, 0.29) is 29.8 Å². The summed E-state index contributed by atoms with van der Waals surface area (Å²) in [6, 6.07) is 10.5. The van der Waals surface area contributed by atoms with E-state index in [1.807, 2.05) is 20.8 Å². The van der Waals surface area contributed by atoms with E-state index in [0.29, 0.717) is 22.8 Å². The molecular formula is C26H30F3N3O5. The average Bonchev–Trinajstić information content (AvgIpc) is 3.22. The fourth-order valence-corrected chi connectivity index (χ4v) is 3.69. The van der Waals surface area contributed by atoms with Gasteiger partial charge in [0.05, 0.1) is 33.0 Å². The van der Waals surface area contributed by atoms with E-state index in [9.17, 15) is 23.1 Å². The second-order valence-electron chi connectivity index (χ2n) is 9.44. The van der Waals surface area contributed by atoms with Gasteiger partial charge >= 0.3 is 6.36 Å². The summed E-state index contributed by atoms with van der Waals surface area (Å²) in [5.41, 5.74) is 1.35. The maximum atomic E-state index is 13.8. The molecule has 2 aromatic carbocycles. The molecule has 0 spiro atoms. The monoisotopic (exact) mass is 521 g/mol. The van der Waals surface area contributed by atoms with Crippen molar-refractivity contribution in [1.82, 2.24) is 14.7 Å². The van der Waals surface area contributed by atoms with Crippen LogP contribution in [-0.4, -0.2) is 46.3 Å². The standard InChI is InChI=1S/C26H30F3N3O5/c1-25(2,3)22-13-19(31(4)30-22)24(34)32(14-16-10-11-18(35-5)12-21(16)36-6)15-17-8-7-9-20(23(17)33)37-26(27,28)29/h7-13,33H,14-15H2,1-6H3. The van der Waals surface area contributed by atoms with Crippen LogP contribution in [0.5, 0.6) is 23.0 Å². The minimum Gasteiger partial charge on any atom is -0.504 e. The number of amides is 1. The fourth-order valence-electron chi connectivity index (χ4n) is 3.69. The van der Waals surface area contributed by atoms with Crippen LogP contribution in [0.2, 0.25) is 0 Å². The van der Waals surface area contributed by atoms with Gasteiger partial charge < -0.3 is 24.2 Å². The minimum absolute atomic E-state index is 0.0197. The smallest absolute Gasteiger partial charge is 0.504 e. The Hall–Kier alpha value is -3.89. The molecule has 0 aliphatic carbocycles. The number of rotatable bonds is 8. The first-order chi connectivity index (χ1) is 17.2. The lowest BCUT2D eigenvalue weighted by molar-refractivity contribution is -0.275. The second kappa shape index (κ2) is 10.6. The lowest BCUT2D eigenvalue weighted by Crippen LogP contribution is -2.32. The molecule has 0 saturated carbocycles. The van der Waals surface area contributed by atoms with Crippen LogP contribution in [0.3, 0.4) is 0 Å². The molecular weight excluding hydrogens is 491 g/mol. The summed E-state index contributed by atoms with van der Waals surface area (Å²) in [4.78, 5) is 15.2. The van der Waals surface area contributed by atoms with Crippen molar-refractivity contribution in [3.63, 3.8) is 0 Å². The molecule has 3 rings (SSSR count). The molecule has 8 nitrogen and oxygen atoms in total. The Morgan fingerprint density at radius 3 is 2.24 bits per heavy atom. The normalized spacial score (nSPS) is 11.8. The number of phenolic OH excluding ortho intramolecular Hbond substituents is 1. The Morgan fingerprint density at radius 2 is 1.68 bits per heavy atom. The number of aromatic nitrogens is 2. The van der Waals surface area contributed by atoms with Crippen molar-refractivity contribution < 1.29 is 37.3 Å². The maximum absolute atomic E-state index is 13.8. The van der Waals surface area contributed by atoms with Crippen molar-refractivity contribution in [1.29, 1.82) is 0 Å². The van der Waals surface area contributed by atoms with Gasteiger partial charge in [0.25, 0.3) is 5.91 Å². The number of benzene rings is 2. The van der Waals surface area contributed by atoms with Gasteiger partial charge in [-0.15, -0.1) is 13.2 Å². The highest BCUT2D eigenvalue weighted by atomic mass is 19.4. The molecule has 11 heteroatoms.